The highest BCUT2D eigenvalue weighted by atomic mass is 35.5. The first-order valence-electron chi connectivity index (χ1n) is 7.24. The van der Waals surface area contributed by atoms with E-state index < -0.39 is 5.97 Å². The summed E-state index contributed by atoms with van der Waals surface area (Å²) in [5, 5.41) is 0.676. The summed E-state index contributed by atoms with van der Waals surface area (Å²) in [7, 11) is 1.32. The molecule has 0 aliphatic heterocycles. The van der Waals surface area contributed by atoms with E-state index in [0.717, 1.165) is 12.0 Å². The number of esters is 2. The van der Waals surface area contributed by atoms with Gasteiger partial charge in [0.2, 0.25) is 0 Å². The predicted molar refractivity (Wildman–Crippen MR) is 85.7 cm³/mol. The van der Waals surface area contributed by atoms with Crippen LogP contribution in [0.3, 0.4) is 0 Å². The van der Waals surface area contributed by atoms with E-state index in [-0.39, 0.29) is 17.8 Å². The van der Waals surface area contributed by atoms with Gasteiger partial charge in [-0.25, -0.2) is 4.79 Å². The topological polar surface area (TPSA) is 52.6 Å². The van der Waals surface area contributed by atoms with Gasteiger partial charge >= 0.3 is 11.9 Å². The van der Waals surface area contributed by atoms with E-state index in [1.807, 2.05) is 24.3 Å². The van der Waals surface area contributed by atoms with Gasteiger partial charge < -0.3 is 9.47 Å². The van der Waals surface area contributed by atoms with Crippen molar-refractivity contribution in [1.82, 2.24) is 0 Å². The number of hydrogen-bond acceptors (Lipinski definition) is 4. The number of benzene rings is 2. The minimum Gasteiger partial charge on any atom is -0.465 e. The second kappa shape index (κ2) is 6.42. The number of rotatable bonds is 4. The Morgan fingerprint density at radius 3 is 2.43 bits per heavy atom. The maximum Gasteiger partial charge on any atom is 0.337 e. The van der Waals surface area contributed by atoms with Crippen LogP contribution in [-0.2, 0) is 9.53 Å². The summed E-state index contributed by atoms with van der Waals surface area (Å²) in [6.07, 6.45) is 0.739. The quantitative estimate of drug-likeness (QED) is 0.631. The number of carbonyl (C=O) groups excluding carboxylic acids is 2. The fourth-order valence-corrected chi connectivity index (χ4v) is 2.82. The Hall–Kier alpha value is -2.33. The fraction of sp³-hybridized carbons (Fsp3) is 0.222. The van der Waals surface area contributed by atoms with Gasteiger partial charge in [0.25, 0.3) is 0 Å². The molecule has 0 spiro atoms. The Kier molecular flexibility index (Phi) is 4.35. The van der Waals surface area contributed by atoms with Gasteiger partial charge in [0, 0.05) is 5.02 Å². The molecule has 1 aliphatic rings. The number of methoxy groups -OCH3 is 1. The van der Waals surface area contributed by atoms with Crippen molar-refractivity contribution >= 4 is 23.5 Å². The maximum absolute atomic E-state index is 12.2. The predicted octanol–water partition coefficient (Wildman–Crippen LogP) is 3.84. The van der Waals surface area contributed by atoms with Crippen molar-refractivity contribution in [3.8, 4) is 5.75 Å². The normalized spacial score (nSPS) is 19.0. The highest BCUT2D eigenvalue weighted by molar-refractivity contribution is 6.31. The summed E-state index contributed by atoms with van der Waals surface area (Å²) in [6.45, 7) is 0. The molecule has 0 amide bonds. The summed E-state index contributed by atoms with van der Waals surface area (Å²) in [5.41, 5.74) is 1.39. The molecule has 1 aliphatic carbocycles. The molecule has 23 heavy (non-hydrogen) atoms. The van der Waals surface area contributed by atoms with Crippen molar-refractivity contribution in [3.05, 3.63) is 64.7 Å². The molecule has 5 heteroatoms. The zero-order valence-corrected chi connectivity index (χ0v) is 13.2. The monoisotopic (exact) mass is 330 g/mol. The number of hydrogen-bond donors (Lipinski definition) is 0. The summed E-state index contributed by atoms with van der Waals surface area (Å²) in [6, 6.07) is 13.8. The van der Waals surface area contributed by atoms with Crippen LogP contribution in [0.4, 0.5) is 0 Å². The first-order chi connectivity index (χ1) is 11.1. The molecule has 2 unspecified atom stereocenters. The van der Waals surface area contributed by atoms with Gasteiger partial charge in [-0.1, -0.05) is 29.8 Å². The van der Waals surface area contributed by atoms with Gasteiger partial charge in [-0.15, -0.1) is 0 Å². The van der Waals surface area contributed by atoms with Crippen LogP contribution in [0.25, 0.3) is 0 Å². The van der Waals surface area contributed by atoms with Crippen molar-refractivity contribution in [2.24, 2.45) is 5.92 Å². The lowest BCUT2D eigenvalue weighted by molar-refractivity contribution is -0.135. The van der Waals surface area contributed by atoms with Crippen molar-refractivity contribution in [2.75, 3.05) is 7.11 Å². The zero-order valence-electron chi connectivity index (χ0n) is 12.5. The molecule has 4 nitrogen and oxygen atoms in total. The third kappa shape index (κ3) is 3.37. The van der Waals surface area contributed by atoms with Crippen molar-refractivity contribution in [3.63, 3.8) is 0 Å². The third-order valence-electron chi connectivity index (χ3n) is 3.89. The second-order valence-corrected chi connectivity index (χ2v) is 5.81. The average molecular weight is 331 g/mol. The SMILES string of the molecule is COC(=O)c1ccc(OC(=O)C2CC2c2ccccc2Cl)cc1. The standard InChI is InChI=1S/C18H15ClO4/c1-22-17(20)11-6-8-12(9-7-11)23-18(21)15-10-14(15)13-4-2-3-5-16(13)19/h2-9,14-15H,10H2,1H3. The molecule has 0 heterocycles. The van der Waals surface area contributed by atoms with Crippen LogP contribution in [0.1, 0.15) is 28.3 Å². The molecule has 0 saturated heterocycles. The third-order valence-corrected chi connectivity index (χ3v) is 4.24. The van der Waals surface area contributed by atoms with E-state index >= 15 is 0 Å². The van der Waals surface area contributed by atoms with Gasteiger partial charge in [-0.2, -0.15) is 0 Å². The Bertz CT molecular complexity index is 739. The number of halogens is 1. The molecule has 3 rings (SSSR count). The lowest BCUT2D eigenvalue weighted by Gasteiger charge is -2.06. The molecular formula is C18H15ClO4. The first-order valence-corrected chi connectivity index (χ1v) is 7.62. The van der Waals surface area contributed by atoms with E-state index in [0.29, 0.717) is 16.3 Å². The minimum atomic E-state index is -0.427. The van der Waals surface area contributed by atoms with Gasteiger partial charge in [0.15, 0.2) is 0 Å². The van der Waals surface area contributed by atoms with Crippen LogP contribution >= 0.6 is 11.6 Å². The molecule has 1 saturated carbocycles. The Morgan fingerprint density at radius 2 is 1.78 bits per heavy atom. The molecule has 0 bridgehead atoms. The second-order valence-electron chi connectivity index (χ2n) is 5.41. The van der Waals surface area contributed by atoms with Gasteiger partial charge in [0.1, 0.15) is 5.75 Å². The lowest BCUT2D eigenvalue weighted by Crippen LogP contribution is -2.11. The van der Waals surface area contributed by atoms with Crippen molar-refractivity contribution < 1.29 is 19.1 Å². The summed E-state index contributed by atoms with van der Waals surface area (Å²) >= 11 is 6.15. The van der Waals surface area contributed by atoms with Crippen LogP contribution < -0.4 is 4.74 Å². The number of ether oxygens (including phenoxy) is 2. The molecule has 0 aromatic heterocycles. The van der Waals surface area contributed by atoms with Crippen molar-refractivity contribution in [1.29, 1.82) is 0 Å². The largest absolute Gasteiger partial charge is 0.465 e. The maximum atomic E-state index is 12.2. The smallest absolute Gasteiger partial charge is 0.337 e. The minimum absolute atomic E-state index is 0.116. The first kappa shape index (κ1) is 15.6. The molecule has 2 atom stereocenters. The van der Waals surface area contributed by atoms with Gasteiger partial charge in [-0.3, -0.25) is 4.79 Å². The fourth-order valence-electron chi connectivity index (χ4n) is 2.54. The molecule has 118 valence electrons. The summed E-state index contributed by atoms with van der Waals surface area (Å²) in [5.74, 6) is -0.349. The van der Waals surface area contributed by atoms with E-state index in [1.165, 1.54) is 7.11 Å². The van der Waals surface area contributed by atoms with Crippen molar-refractivity contribution in [2.45, 2.75) is 12.3 Å². The van der Waals surface area contributed by atoms with E-state index in [4.69, 9.17) is 16.3 Å². The van der Waals surface area contributed by atoms with Gasteiger partial charge in [-0.05, 0) is 48.2 Å². The van der Waals surface area contributed by atoms with Gasteiger partial charge in [0.05, 0.1) is 18.6 Å². The molecule has 2 aromatic carbocycles. The average Bonchev–Trinajstić information content (AvgIpc) is 3.36. The Morgan fingerprint density at radius 1 is 1.09 bits per heavy atom. The van der Waals surface area contributed by atoms with Crippen LogP contribution in [-0.4, -0.2) is 19.0 Å². The Balaban J connectivity index is 1.63. The molecule has 1 fully saturated rings. The summed E-state index contributed by atoms with van der Waals surface area (Å²) < 4.78 is 9.98. The highest BCUT2D eigenvalue weighted by Gasteiger charge is 2.46. The van der Waals surface area contributed by atoms with E-state index in [9.17, 15) is 9.59 Å². The van der Waals surface area contributed by atoms with E-state index in [1.54, 1.807) is 24.3 Å². The Labute approximate surface area is 139 Å². The van der Waals surface area contributed by atoms with Crippen LogP contribution in [0.5, 0.6) is 5.75 Å². The summed E-state index contributed by atoms with van der Waals surface area (Å²) in [4.78, 5) is 23.5. The lowest BCUT2D eigenvalue weighted by atomic mass is 10.1. The molecule has 0 radical (unpaired) electrons. The number of carbonyl (C=O) groups is 2. The van der Waals surface area contributed by atoms with Crippen LogP contribution in [0.2, 0.25) is 5.02 Å². The van der Waals surface area contributed by atoms with Crippen LogP contribution in [0, 0.1) is 5.92 Å². The zero-order chi connectivity index (χ0) is 16.4. The van der Waals surface area contributed by atoms with Crippen LogP contribution in [0.15, 0.2) is 48.5 Å². The molecule has 2 aromatic rings. The van der Waals surface area contributed by atoms with E-state index in [2.05, 4.69) is 4.74 Å². The molecule has 0 N–H and O–H groups in total. The highest BCUT2D eigenvalue weighted by Crippen LogP contribution is 2.50. The molecular weight excluding hydrogens is 316 g/mol.